The van der Waals surface area contributed by atoms with Crippen LogP contribution >= 0.6 is 0 Å². The molecule has 1 unspecified atom stereocenters. The number of benzene rings is 2. The van der Waals surface area contributed by atoms with Crippen LogP contribution in [-0.2, 0) is 9.53 Å². The van der Waals surface area contributed by atoms with Crippen LogP contribution in [0.5, 0.6) is 5.75 Å². The van der Waals surface area contributed by atoms with Gasteiger partial charge in [0.05, 0.1) is 6.61 Å². The van der Waals surface area contributed by atoms with E-state index < -0.39 is 11.7 Å². The molecule has 2 aromatic carbocycles. The molecule has 1 aromatic heterocycles. The minimum absolute atomic E-state index is 0.0895. The summed E-state index contributed by atoms with van der Waals surface area (Å²) in [4.78, 5) is 26.5. The molecule has 1 fully saturated rings. The number of ether oxygens (including phenoxy) is 2. The Hall–Kier alpha value is -3.12. The van der Waals surface area contributed by atoms with E-state index in [1.807, 2.05) is 37.3 Å². The molecule has 0 aliphatic carbocycles. The molecule has 0 saturated carbocycles. The van der Waals surface area contributed by atoms with Crippen LogP contribution in [0.15, 0.2) is 57.7 Å². The molecule has 0 radical (unpaired) electrons. The number of carbonyl (C=O) groups is 1. The van der Waals surface area contributed by atoms with Crippen LogP contribution < -0.4 is 10.4 Å². The van der Waals surface area contributed by atoms with E-state index in [2.05, 4.69) is 0 Å². The number of amides is 1. The molecule has 0 N–H and O–H groups in total. The Kier molecular flexibility index (Phi) is 5.36. The zero-order valence-electron chi connectivity index (χ0n) is 16.5. The van der Waals surface area contributed by atoms with E-state index >= 15 is 0 Å². The molecule has 4 rings (SSSR count). The average Bonchev–Trinajstić information content (AvgIpc) is 2.66. The number of carbonyl (C=O) groups excluding carboxylic acids is 1. The van der Waals surface area contributed by atoms with Gasteiger partial charge in [-0.05, 0) is 36.6 Å². The highest BCUT2D eigenvalue weighted by molar-refractivity contribution is 5.94. The third kappa shape index (κ3) is 3.89. The van der Waals surface area contributed by atoms with Gasteiger partial charge in [-0.15, -0.1) is 0 Å². The number of likely N-dealkylation sites (tertiary alicyclic amines) is 1. The molecule has 0 bridgehead atoms. The second kappa shape index (κ2) is 8.09. The molecule has 150 valence electrons. The summed E-state index contributed by atoms with van der Waals surface area (Å²) in [6.07, 6.45) is 0.276. The topological polar surface area (TPSA) is 69.0 Å². The summed E-state index contributed by atoms with van der Waals surface area (Å²) in [5.74, 6) is 0.367. The zero-order valence-corrected chi connectivity index (χ0v) is 16.5. The molecule has 0 spiro atoms. The van der Waals surface area contributed by atoms with Crippen LogP contribution in [0.2, 0.25) is 0 Å². The molecule has 3 aromatic rings. The molecule has 2 heterocycles. The standard InChI is InChI=1S/C23H23NO5/c1-15-6-3-4-7-17(15)19-13-22(25)29-20-12-16(8-9-18(19)20)28-21(14-27-2)23(26)24-10-5-11-24/h3-4,6-9,12-13,21H,5,10-11,14H2,1-2H3. The lowest BCUT2D eigenvalue weighted by molar-refractivity contribution is -0.144. The van der Waals surface area contributed by atoms with E-state index in [4.69, 9.17) is 13.9 Å². The SMILES string of the molecule is COCC(Oc1ccc2c(-c3ccccc3C)cc(=O)oc2c1)C(=O)N1CCC1. The first-order chi connectivity index (χ1) is 14.1. The first-order valence-electron chi connectivity index (χ1n) is 9.65. The summed E-state index contributed by atoms with van der Waals surface area (Å²) in [7, 11) is 1.54. The van der Waals surface area contributed by atoms with Gasteiger partial charge in [-0.2, -0.15) is 0 Å². The number of hydrogen-bond acceptors (Lipinski definition) is 5. The van der Waals surface area contributed by atoms with Gasteiger partial charge in [0.1, 0.15) is 11.3 Å². The fourth-order valence-electron chi connectivity index (χ4n) is 3.53. The Bertz CT molecular complexity index is 1100. The highest BCUT2D eigenvalue weighted by Gasteiger charge is 2.29. The van der Waals surface area contributed by atoms with Gasteiger partial charge < -0.3 is 18.8 Å². The van der Waals surface area contributed by atoms with Gasteiger partial charge in [0.2, 0.25) is 0 Å². The Morgan fingerprint density at radius 1 is 1.14 bits per heavy atom. The number of nitrogens with zero attached hydrogens (tertiary/aromatic N) is 1. The molecule has 6 heteroatoms. The Morgan fingerprint density at radius 2 is 1.93 bits per heavy atom. The van der Waals surface area contributed by atoms with E-state index in [1.165, 1.54) is 13.2 Å². The van der Waals surface area contributed by atoms with Gasteiger partial charge in [0.15, 0.2) is 6.10 Å². The number of rotatable bonds is 6. The van der Waals surface area contributed by atoms with Crippen LogP contribution in [0.25, 0.3) is 22.1 Å². The first kappa shape index (κ1) is 19.2. The second-order valence-electron chi connectivity index (χ2n) is 7.19. The van der Waals surface area contributed by atoms with E-state index in [9.17, 15) is 9.59 Å². The van der Waals surface area contributed by atoms with E-state index in [0.717, 1.165) is 41.6 Å². The Morgan fingerprint density at radius 3 is 2.62 bits per heavy atom. The second-order valence-corrected chi connectivity index (χ2v) is 7.19. The summed E-state index contributed by atoms with van der Waals surface area (Å²) in [5, 5.41) is 0.809. The third-order valence-electron chi connectivity index (χ3n) is 5.19. The monoisotopic (exact) mass is 393 g/mol. The molecular formula is C23H23NO5. The maximum Gasteiger partial charge on any atom is 0.336 e. The smallest absolute Gasteiger partial charge is 0.336 e. The molecule has 1 atom stereocenters. The van der Waals surface area contributed by atoms with Gasteiger partial charge in [0.25, 0.3) is 5.91 Å². The molecule has 1 aliphatic rings. The number of methoxy groups -OCH3 is 1. The normalized spacial score (nSPS) is 14.5. The first-order valence-corrected chi connectivity index (χ1v) is 9.65. The van der Waals surface area contributed by atoms with Crippen molar-refractivity contribution in [2.24, 2.45) is 0 Å². The van der Waals surface area contributed by atoms with Crippen LogP contribution in [0.3, 0.4) is 0 Å². The van der Waals surface area contributed by atoms with Gasteiger partial charge >= 0.3 is 5.63 Å². The summed E-state index contributed by atoms with van der Waals surface area (Å²) in [6.45, 7) is 3.65. The lowest BCUT2D eigenvalue weighted by Gasteiger charge is -2.33. The highest BCUT2D eigenvalue weighted by Crippen LogP contribution is 2.31. The molecule has 1 amide bonds. The van der Waals surface area contributed by atoms with Gasteiger partial charge in [0, 0.05) is 43.3 Å². The van der Waals surface area contributed by atoms with Crippen molar-refractivity contribution >= 4 is 16.9 Å². The number of fused-ring (bicyclic) bond motifs is 1. The van der Waals surface area contributed by atoms with Crippen molar-refractivity contribution in [3.05, 3.63) is 64.5 Å². The minimum Gasteiger partial charge on any atom is -0.478 e. The van der Waals surface area contributed by atoms with E-state index in [-0.39, 0.29) is 12.5 Å². The van der Waals surface area contributed by atoms with Gasteiger partial charge in [-0.1, -0.05) is 24.3 Å². The van der Waals surface area contributed by atoms with Crippen LogP contribution in [0.4, 0.5) is 0 Å². The van der Waals surface area contributed by atoms with Crippen LogP contribution in [-0.4, -0.2) is 43.7 Å². The minimum atomic E-state index is -0.732. The van der Waals surface area contributed by atoms with Crippen molar-refractivity contribution in [2.45, 2.75) is 19.4 Å². The van der Waals surface area contributed by atoms with Crippen molar-refractivity contribution in [2.75, 3.05) is 26.8 Å². The number of aryl methyl sites for hydroxylation is 1. The lowest BCUT2D eigenvalue weighted by atomic mass is 9.98. The molecule has 1 aliphatic heterocycles. The summed E-state index contributed by atoms with van der Waals surface area (Å²) < 4.78 is 16.5. The molecule has 6 nitrogen and oxygen atoms in total. The average molecular weight is 393 g/mol. The van der Waals surface area contributed by atoms with Crippen molar-refractivity contribution in [1.82, 2.24) is 4.90 Å². The highest BCUT2D eigenvalue weighted by atomic mass is 16.5. The van der Waals surface area contributed by atoms with Crippen molar-refractivity contribution in [3.8, 4) is 16.9 Å². The summed E-state index contributed by atoms with van der Waals surface area (Å²) in [6, 6.07) is 14.7. The molecule has 29 heavy (non-hydrogen) atoms. The van der Waals surface area contributed by atoms with Gasteiger partial charge in [-0.25, -0.2) is 4.79 Å². The largest absolute Gasteiger partial charge is 0.478 e. The Balaban J connectivity index is 1.70. The maximum atomic E-state index is 12.6. The van der Waals surface area contributed by atoms with Crippen molar-refractivity contribution in [3.63, 3.8) is 0 Å². The van der Waals surface area contributed by atoms with Crippen molar-refractivity contribution < 1.29 is 18.7 Å². The zero-order chi connectivity index (χ0) is 20.4. The fraction of sp³-hybridized carbons (Fsp3) is 0.304. The molecular weight excluding hydrogens is 370 g/mol. The maximum absolute atomic E-state index is 12.6. The third-order valence-corrected chi connectivity index (χ3v) is 5.19. The van der Waals surface area contributed by atoms with Gasteiger partial charge in [-0.3, -0.25) is 4.79 Å². The predicted molar refractivity (Wildman–Crippen MR) is 110 cm³/mol. The lowest BCUT2D eigenvalue weighted by Crippen LogP contribution is -2.50. The summed E-state index contributed by atoms with van der Waals surface area (Å²) >= 11 is 0. The molecule has 1 saturated heterocycles. The number of hydrogen-bond donors (Lipinski definition) is 0. The van der Waals surface area contributed by atoms with Crippen molar-refractivity contribution in [1.29, 1.82) is 0 Å². The van der Waals surface area contributed by atoms with E-state index in [1.54, 1.807) is 17.0 Å². The quantitative estimate of drug-likeness (QED) is 0.601. The summed E-state index contributed by atoms with van der Waals surface area (Å²) in [5.41, 5.74) is 2.84. The predicted octanol–water partition coefficient (Wildman–Crippen LogP) is 3.39. The fourth-order valence-corrected chi connectivity index (χ4v) is 3.53. The van der Waals surface area contributed by atoms with E-state index in [0.29, 0.717) is 11.3 Å². The van der Waals surface area contributed by atoms with Crippen LogP contribution in [0, 0.1) is 6.92 Å². The van der Waals surface area contributed by atoms with Crippen LogP contribution in [0.1, 0.15) is 12.0 Å². The Labute approximate surface area is 168 Å².